The third-order valence-electron chi connectivity index (χ3n) is 2.79. The first kappa shape index (κ1) is 14.5. The molecular formula is C16H22O2. The number of benzene rings is 1. The van der Waals surface area contributed by atoms with Crippen LogP contribution in [-0.2, 0) is 9.53 Å². The molecule has 0 spiro atoms. The van der Waals surface area contributed by atoms with Crippen LogP contribution in [0.15, 0.2) is 24.3 Å². The summed E-state index contributed by atoms with van der Waals surface area (Å²) in [6.07, 6.45) is 7.35. The minimum atomic E-state index is -0.194. The van der Waals surface area contributed by atoms with Gasteiger partial charge in [0.25, 0.3) is 0 Å². The number of carbonyl (C=O) groups is 1. The van der Waals surface area contributed by atoms with E-state index >= 15 is 0 Å². The lowest BCUT2D eigenvalue weighted by Gasteiger charge is -2.02. The first-order valence-electron chi connectivity index (χ1n) is 6.47. The molecule has 98 valence electrons. The summed E-state index contributed by atoms with van der Waals surface area (Å²) in [7, 11) is 0. The number of aryl methyl sites for hydroxylation is 2. The quantitative estimate of drug-likeness (QED) is 0.559. The van der Waals surface area contributed by atoms with Crippen LogP contribution in [0.3, 0.4) is 0 Å². The van der Waals surface area contributed by atoms with Gasteiger partial charge < -0.3 is 4.74 Å². The second kappa shape index (κ2) is 7.70. The minimum absolute atomic E-state index is 0.194. The molecule has 0 aliphatic carbocycles. The highest BCUT2D eigenvalue weighted by Crippen LogP contribution is 2.12. The number of hydrogen-bond donors (Lipinski definition) is 0. The highest BCUT2D eigenvalue weighted by atomic mass is 16.5. The van der Waals surface area contributed by atoms with Crippen LogP contribution in [0, 0.1) is 13.8 Å². The summed E-state index contributed by atoms with van der Waals surface area (Å²) >= 11 is 0. The molecule has 18 heavy (non-hydrogen) atoms. The summed E-state index contributed by atoms with van der Waals surface area (Å²) in [5.74, 6) is -0.194. The molecule has 0 saturated carbocycles. The molecule has 0 bridgehead atoms. The average molecular weight is 246 g/mol. The van der Waals surface area contributed by atoms with Gasteiger partial charge in [0.1, 0.15) is 0 Å². The molecular weight excluding hydrogens is 224 g/mol. The molecule has 2 heteroatoms. The van der Waals surface area contributed by atoms with Crippen LogP contribution in [0.2, 0.25) is 0 Å². The Morgan fingerprint density at radius 1 is 1.28 bits per heavy atom. The minimum Gasteiger partial charge on any atom is -0.466 e. The summed E-state index contributed by atoms with van der Waals surface area (Å²) in [4.78, 5) is 10.5. The Bertz CT molecular complexity index is 419. The van der Waals surface area contributed by atoms with Gasteiger partial charge in [-0.2, -0.15) is 0 Å². The van der Waals surface area contributed by atoms with Crippen molar-refractivity contribution < 1.29 is 9.53 Å². The standard InChI is InChI=1S/C16H22O2/c1-13-9-10-16(14(2)12-13)8-6-4-5-7-11-18-15(3)17/h6,8-10,12H,4-5,7,11H2,1-3H3. The van der Waals surface area contributed by atoms with E-state index in [2.05, 4.69) is 44.2 Å². The zero-order chi connectivity index (χ0) is 13.4. The Morgan fingerprint density at radius 2 is 2.06 bits per heavy atom. The third kappa shape index (κ3) is 5.67. The van der Waals surface area contributed by atoms with Gasteiger partial charge in [0.05, 0.1) is 6.61 Å². The van der Waals surface area contributed by atoms with E-state index in [0.29, 0.717) is 6.61 Å². The first-order chi connectivity index (χ1) is 8.59. The van der Waals surface area contributed by atoms with Gasteiger partial charge in [0, 0.05) is 6.92 Å². The van der Waals surface area contributed by atoms with Crippen molar-refractivity contribution in [2.24, 2.45) is 0 Å². The maximum absolute atomic E-state index is 10.5. The maximum atomic E-state index is 10.5. The van der Waals surface area contributed by atoms with Crippen LogP contribution in [0.1, 0.15) is 42.9 Å². The van der Waals surface area contributed by atoms with Gasteiger partial charge in [-0.05, 0) is 44.2 Å². The fraction of sp³-hybridized carbons (Fsp3) is 0.438. The number of rotatable bonds is 6. The Balaban J connectivity index is 2.26. The molecule has 0 radical (unpaired) electrons. The summed E-state index contributed by atoms with van der Waals surface area (Å²) in [5, 5.41) is 0. The van der Waals surface area contributed by atoms with Crippen LogP contribution in [-0.4, -0.2) is 12.6 Å². The van der Waals surface area contributed by atoms with Crippen molar-refractivity contribution in [1.82, 2.24) is 0 Å². The summed E-state index contributed by atoms with van der Waals surface area (Å²) < 4.78 is 4.88. The number of carbonyl (C=O) groups excluding carboxylic acids is 1. The normalized spacial score (nSPS) is 10.8. The van der Waals surface area contributed by atoms with E-state index in [0.717, 1.165) is 19.3 Å². The van der Waals surface area contributed by atoms with Crippen LogP contribution in [0.5, 0.6) is 0 Å². The van der Waals surface area contributed by atoms with Crippen LogP contribution in [0.25, 0.3) is 6.08 Å². The van der Waals surface area contributed by atoms with Crippen molar-refractivity contribution in [3.05, 3.63) is 41.0 Å². The number of allylic oxidation sites excluding steroid dienone is 1. The van der Waals surface area contributed by atoms with Gasteiger partial charge >= 0.3 is 5.97 Å². The molecule has 0 aliphatic rings. The van der Waals surface area contributed by atoms with E-state index < -0.39 is 0 Å². The van der Waals surface area contributed by atoms with Crippen molar-refractivity contribution in [3.63, 3.8) is 0 Å². The molecule has 0 saturated heterocycles. The molecule has 1 aromatic carbocycles. The lowest BCUT2D eigenvalue weighted by molar-refractivity contribution is -0.141. The fourth-order valence-electron chi connectivity index (χ4n) is 1.80. The highest BCUT2D eigenvalue weighted by molar-refractivity contribution is 5.65. The van der Waals surface area contributed by atoms with Crippen molar-refractivity contribution in [2.45, 2.75) is 40.0 Å². The predicted molar refractivity (Wildman–Crippen MR) is 75.4 cm³/mol. The summed E-state index contributed by atoms with van der Waals surface area (Å²) in [6, 6.07) is 6.48. The SMILES string of the molecule is CC(=O)OCCCCC=Cc1ccc(C)cc1C. The van der Waals surface area contributed by atoms with E-state index in [1.165, 1.54) is 23.6 Å². The third-order valence-corrected chi connectivity index (χ3v) is 2.79. The van der Waals surface area contributed by atoms with Crippen molar-refractivity contribution in [3.8, 4) is 0 Å². The Labute approximate surface area is 110 Å². The lowest BCUT2D eigenvalue weighted by atomic mass is 10.0. The van der Waals surface area contributed by atoms with Crippen LogP contribution < -0.4 is 0 Å². The largest absolute Gasteiger partial charge is 0.466 e. The Kier molecular flexibility index (Phi) is 6.20. The number of ether oxygens (including phenoxy) is 1. The molecule has 1 rings (SSSR count). The molecule has 0 aromatic heterocycles. The molecule has 0 heterocycles. The van der Waals surface area contributed by atoms with Crippen molar-refractivity contribution >= 4 is 12.0 Å². The number of hydrogen-bond acceptors (Lipinski definition) is 2. The molecule has 1 aromatic rings. The molecule has 0 N–H and O–H groups in total. The van der Waals surface area contributed by atoms with E-state index in [1.54, 1.807) is 0 Å². The lowest BCUT2D eigenvalue weighted by Crippen LogP contribution is -1.99. The van der Waals surface area contributed by atoms with Crippen molar-refractivity contribution in [1.29, 1.82) is 0 Å². The van der Waals surface area contributed by atoms with Gasteiger partial charge in [-0.25, -0.2) is 0 Å². The first-order valence-corrected chi connectivity index (χ1v) is 6.47. The number of unbranched alkanes of at least 4 members (excludes halogenated alkanes) is 2. The van der Waals surface area contributed by atoms with Gasteiger partial charge in [-0.3, -0.25) is 4.79 Å². The van der Waals surface area contributed by atoms with E-state index in [9.17, 15) is 4.79 Å². The van der Waals surface area contributed by atoms with Crippen LogP contribution >= 0.6 is 0 Å². The van der Waals surface area contributed by atoms with Crippen molar-refractivity contribution in [2.75, 3.05) is 6.61 Å². The van der Waals surface area contributed by atoms with Gasteiger partial charge in [-0.1, -0.05) is 35.9 Å². The monoisotopic (exact) mass is 246 g/mol. The molecule has 0 unspecified atom stereocenters. The van der Waals surface area contributed by atoms with Crippen LogP contribution in [0.4, 0.5) is 0 Å². The molecule has 2 nitrogen and oxygen atoms in total. The second-order valence-electron chi connectivity index (χ2n) is 4.60. The van der Waals surface area contributed by atoms with E-state index in [-0.39, 0.29) is 5.97 Å². The van der Waals surface area contributed by atoms with Gasteiger partial charge in [0.2, 0.25) is 0 Å². The zero-order valence-corrected chi connectivity index (χ0v) is 11.5. The highest BCUT2D eigenvalue weighted by Gasteiger charge is 1.94. The zero-order valence-electron chi connectivity index (χ0n) is 11.5. The molecule has 0 amide bonds. The predicted octanol–water partition coefficient (Wildman–Crippen LogP) is 4.05. The Hall–Kier alpha value is -1.57. The van der Waals surface area contributed by atoms with Gasteiger partial charge in [0.15, 0.2) is 0 Å². The second-order valence-corrected chi connectivity index (χ2v) is 4.60. The number of esters is 1. The summed E-state index contributed by atoms with van der Waals surface area (Å²) in [6.45, 7) is 6.22. The topological polar surface area (TPSA) is 26.3 Å². The maximum Gasteiger partial charge on any atom is 0.302 e. The van der Waals surface area contributed by atoms with E-state index in [4.69, 9.17) is 4.74 Å². The smallest absolute Gasteiger partial charge is 0.302 e. The average Bonchev–Trinajstić information content (AvgIpc) is 2.30. The van der Waals surface area contributed by atoms with E-state index in [1.807, 2.05) is 0 Å². The fourth-order valence-corrected chi connectivity index (χ4v) is 1.80. The Morgan fingerprint density at radius 3 is 2.72 bits per heavy atom. The molecule has 0 aliphatic heterocycles. The molecule has 0 fully saturated rings. The van der Waals surface area contributed by atoms with Gasteiger partial charge in [-0.15, -0.1) is 0 Å². The molecule has 0 atom stereocenters. The summed E-state index contributed by atoms with van der Waals surface area (Å²) in [5.41, 5.74) is 3.89.